The van der Waals surface area contributed by atoms with E-state index >= 15 is 13.2 Å². The SMILES string of the molecule is [C-]#[N+]c1cccc(-c2ccc3c4ccccc4n(-c4cc(C#N)c(-n5c6ccccc6c6ccc(-c7cccc(C#N)c7)cc65)cc4-c4c(C)cccc4C(F)(F)F)c3c2)c1. The Morgan fingerprint density at radius 2 is 1.08 bits per heavy atom. The summed E-state index contributed by atoms with van der Waals surface area (Å²) in [4.78, 5) is 3.62. The Bertz CT molecular complexity index is 3590. The van der Waals surface area contributed by atoms with Crippen LogP contribution in [-0.2, 0) is 6.18 Å². The van der Waals surface area contributed by atoms with Crippen LogP contribution in [0.5, 0.6) is 0 Å². The molecule has 0 radical (unpaired) electrons. The van der Waals surface area contributed by atoms with E-state index in [2.05, 4.69) is 17.0 Å². The predicted molar refractivity (Wildman–Crippen MR) is 237 cm³/mol. The van der Waals surface area contributed by atoms with Crippen molar-refractivity contribution in [1.29, 1.82) is 10.5 Å². The molecule has 0 fully saturated rings. The van der Waals surface area contributed by atoms with Gasteiger partial charge in [0, 0.05) is 27.1 Å². The second-order valence-electron chi connectivity index (χ2n) is 15.0. The number of aryl methyl sites for hydroxylation is 1. The van der Waals surface area contributed by atoms with Crippen LogP contribution in [0.25, 0.3) is 93.2 Å². The molecule has 8 aromatic carbocycles. The van der Waals surface area contributed by atoms with Gasteiger partial charge in [0.25, 0.3) is 0 Å². The fraction of sp³-hybridized carbons (Fsp3) is 0.0377. The van der Waals surface area contributed by atoms with E-state index in [9.17, 15) is 10.5 Å². The number of hydrogen-bond donors (Lipinski definition) is 0. The molecule has 0 aliphatic heterocycles. The van der Waals surface area contributed by atoms with Gasteiger partial charge >= 0.3 is 6.18 Å². The highest BCUT2D eigenvalue weighted by Gasteiger charge is 2.35. The molecule has 8 heteroatoms. The molecule has 10 rings (SSSR count). The number of alkyl halides is 3. The smallest absolute Gasteiger partial charge is 0.309 e. The average molecular weight is 794 g/mol. The number of hydrogen-bond acceptors (Lipinski definition) is 2. The van der Waals surface area contributed by atoms with E-state index in [0.717, 1.165) is 71.9 Å². The van der Waals surface area contributed by atoms with Crippen LogP contribution in [0.3, 0.4) is 0 Å². The number of nitrogens with zero attached hydrogens (tertiary/aromatic N) is 5. The standard InChI is InChI=1S/C53H30F3N5/c1-32-10-7-17-45(53(54,55)56)52(32)44-29-48(60-46-18-5-3-15-40(46)42-22-20-36(26-49(42)60)34-12-8-11-33(24-34)30-57)38(31-58)28-51(44)61-47-19-6-4-16-41(47)43-23-21-37(27-50(43)61)35-13-9-14-39(25-35)59-2/h3-29H,1H3. The lowest BCUT2D eigenvalue weighted by Gasteiger charge is -2.22. The third-order valence-electron chi connectivity index (χ3n) is 11.5. The lowest BCUT2D eigenvalue weighted by atomic mass is 9.91. The van der Waals surface area contributed by atoms with E-state index in [0.29, 0.717) is 33.8 Å². The summed E-state index contributed by atoms with van der Waals surface area (Å²) in [5.41, 5.74) is 8.36. The highest BCUT2D eigenvalue weighted by molar-refractivity contribution is 6.12. The largest absolute Gasteiger partial charge is 0.417 e. The Morgan fingerprint density at radius 1 is 0.525 bits per heavy atom. The summed E-state index contributed by atoms with van der Waals surface area (Å²) in [7, 11) is 0. The number of fused-ring (bicyclic) bond motifs is 6. The molecule has 10 aromatic rings. The number of rotatable bonds is 5. The Hall–Kier alpha value is -8.38. The van der Waals surface area contributed by atoms with Crippen molar-refractivity contribution < 1.29 is 13.2 Å². The van der Waals surface area contributed by atoms with Crippen molar-refractivity contribution in [3.63, 3.8) is 0 Å². The fourth-order valence-corrected chi connectivity index (χ4v) is 8.84. The average Bonchev–Trinajstić information content (AvgIpc) is 3.80. The molecule has 61 heavy (non-hydrogen) atoms. The van der Waals surface area contributed by atoms with Gasteiger partial charge in [-0.05, 0) is 101 Å². The van der Waals surface area contributed by atoms with E-state index in [1.807, 2.05) is 130 Å². The number of para-hydroxylation sites is 2. The van der Waals surface area contributed by atoms with E-state index in [4.69, 9.17) is 6.57 Å². The van der Waals surface area contributed by atoms with Crippen molar-refractivity contribution in [2.24, 2.45) is 0 Å². The minimum atomic E-state index is -4.70. The number of aromatic nitrogens is 2. The minimum Gasteiger partial charge on any atom is -0.309 e. The van der Waals surface area contributed by atoms with Gasteiger partial charge in [0.15, 0.2) is 5.69 Å². The summed E-state index contributed by atoms with van der Waals surface area (Å²) >= 11 is 0. The normalized spacial score (nSPS) is 11.6. The van der Waals surface area contributed by atoms with Gasteiger partial charge in [-0.15, -0.1) is 0 Å². The monoisotopic (exact) mass is 793 g/mol. The third kappa shape index (κ3) is 5.99. The zero-order chi connectivity index (χ0) is 42.0. The molecular weight excluding hydrogens is 764 g/mol. The molecule has 0 spiro atoms. The lowest BCUT2D eigenvalue weighted by Crippen LogP contribution is -2.10. The van der Waals surface area contributed by atoms with Crippen molar-refractivity contribution in [2.45, 2.75) is 13.1 Å². The van der Waals surface area contributed by atoms with E-state index in [1.54, 1.807) is 37.3 Å². The molecule has 288 valence electrons. The van der Waals surface area contributed by atoms with Gasteiger partial charge in [-0.1, -0.05) is 103 Å². The third-order valence-corrected chi connectivity index (χ3v) is 11.5. The van der Waals surface area contributed by atoms with Crippen LogP contribution >= 0.6 is 0 Å². The predicted octanol–water partition coefficient (Wildman–Crippen LogP) is 14.5. The lowest BCUT2D eigenvalue weighted by molar-refractivity contribution is -0.137. The van der Waals surface area contributed by atoms with Gasteiger partial charge in [-0.3, -0.25) is 0 Å². The molecule has 0 unspecified atom stereocenters. The summed E-state index contributed by atoms with van der Waals surface area (Å²) in [6.45, 7) is 9.28. The first-order chi connectivity index (χ1) is 29.7. The summed E-state index contributed by atoms with van der Waals surface area (Å²) < 4.78 is 49.8. The quantitative estimate of drug-likeness (QED) is 0.163. The highest BCUT2D eigenvalue weighted by Crippen LogP contribution is 2.46. The second kappa shape index (κ2) is 14.2. The van der Waals surface area contributed by atoms with Crippen LogP contribution in [0, 0.1) is 36.2 Å². The van der Waals surface area contributed by atoms with Crippen molar-refractivity contribution in [3.05, 3.63) is 197 Å². The van der Waals surface area contributed by atoms with Crippen molar-refractivity contribution in [3.8, 4) is 56.9 Å². The van der Waals surface area contributed by atoms with Gasteiger partial charge in [0.1, 0.15) is 6.07 Å². The molecule has 0 saturated carbocycles. The first-order valence-corrected chi connectivity index (χ1v) is 19.5. The van der Waals surface area contributed by atoms with E-state index < -0.39 is 11.7 Å². The topological polar surface area (TPSA) is 61.8 Å². The Labute approximate surface area is 348 Å². The molecule has 0 atom stereocenters. The summed E-state index contributed by atoms with van der Waals surface area (Å²) in [6, 6.07) is 54.5. The van der Waals surface area contributed by atoms with Gasteiger partial charge in [-0.2, -0.15) is 23.7 Å². The highest BCUT2D eigenvalue weighted by atomic mass is 19.4. The summed E-state index contributed by atoms with van der Waals surface area (Å²) in [5.74, 6) is 0. The maximum atomic E-state index is 15.3. The molecular formula is C53H30F3N5. The van der Waals surface area contributed by atoms with E-state index in [1.165, 1.54) is 6.07 Å². The molecule has 0 aliphatic rings. The molecule has 0 saturated heterocycles. The van der Waals surface area contributed by atoms with Gasteiger partial charge in [0.2, 0.25) is 0 Å². The zero-order valence-corrected chi connectivity index (χ0v) is 32.5. The zero-order valence-electron chi connectivity index (χ0n) is 32.5. The van der Waals surface area contributed by atoms with Crippen molar-refractivity contribution in [1.82, 2.24) is 9.13 Å². The molecule has 0 bridgehead atoms. The number of benzene rings is 8. The van der Waals surface area contributed by atoms with Crippen LogP contribution < -0.4 is 0 Å². The molecule has 0 N–H and O–H groups in total. The fourth-order valence-electron chi connectivity index (χ4n) is 8.84. The van der Waals surface area contributed by atoms with Crippen LogP contribution in [-0.4, -0.2) is 9.13 Å². The summed E-state index contributed by atoms with van der Waals surface area (Å²) in [5, 5.41) is 24.4. The van der Waals surface area contributed by atoms with Crippen LogP contribution in [0.4, 0.5) is 18.9 Å². The molecule has 2 heterocycles. The molecule has 0 amide bonds. The Balaban J connectivity index is 1.34. The molecule has 2 aromatic heterocycles. The van der Waals surface area contributed by atoms with Crippen molar-refractivity contribution >= 4 is 49.3 Å². The maximum absolute atomic E-state index is 15.3. The second-order valence-corrected chi connectivity index (χ2v) is 15.0. The van der Waals surface area contributed by atoms with Gasteiger partial charge < -0.3 is 9.13 Å². The van der Waals surface area contributed by atoms with Gasteiger partial charge in [-0.25, -0.2) is 4.85 Å². The Kier molecular flexibility index (Phi) is 8.58. The van der Waals surface area contributed by atoms with Crippen LogP contribution in [0.1, 0.15) is 22.3 Å². The minimum absolute atomic E-state index is 0.0114. The maximum Gasteiger partial charge on any atom is 0.417 e. The number of halogens is 3. The van der Waals surface area contributed by atoms with Gasteiger partial charge in [0.05, 0.1) is 62.8 Å². The van der Waals surface area contributed by atoms with E-state index in [-0.39, 0.29) is 11.1 Å². The van der Waals surface area contributed by atoms with Crippen molar-refractivity contribution in [2.75, 3.05) is 0 Å². The first kappa shape index (κ1) is 36.9. The Morgan fingerprint density at radius 3 is 1.69 bits per heavy atom. The number of nitriles is 2. The van der Waals surface area contributed by atoms with Crippen LogP contribution in [0.15, 0.2) is 164 Å². The molecule has 0 aliphatic carbocycles. The first-order valence-electron chi connectivity index (χ1n) is 19.5. The van der Waals surface area contributed by atoms with Crippen LogP contribution in [0.2, 0.25) is 0 Å². The summed E-state index contributed by atoms with van der Waals surface area (Å²) in [6.07, 6.45) is -4.70. The molecule has 5 nitrogen and oxygen atoms in total.